The van der Waals surface area contributed by atoms with Crippen molar-refractivity contribution in [1.29, 1.82) is 5.26 Å². The second-order valence-electron chi connectivity index (χ2n) is 7.84. The largest absolute Gasteiger partial charge is 0.394 e. The van der Waals surface area contributed by atoms with Crippen LogP contribution in [-0.2, 0) is 11.3 Å². The highest BCUT2D eigenvalue weighted by atomic mass is 19.1. The first-order chi connectivity index (χ1) is 15.8. The summed E-state index contributed by atoms with van der Waals surface area (Å²) >= 11 is 0. The first kappa shape index (κ1) is 24.3. The van der Waals surface area contributed by atoms with Crippen molar-refractivity contribution in [3.8, 4) is 6.07 Å². The number of aryl methyl sites for hydroxylation is 1. The fourth-order valence-electron chi connectivity index (χ4n) is 3.66. The van der Waals surface area contributed by atoms with E-state index in [9.17, 15) is 29.0 Å². The predicted molar refractivity (Wildman–Crippen MR) is 114 cm³/mol. The lowest BCUT2D eigenvalue weighted by atomic mass is 10.1. The number of hydrogen-bond donors (Lipinski definition) is 3. The third-order valence-electron chi connectivity index (χ3n) is 5.50. The lowest BCUT2D eigenvalue weighted by Crippen LogP contribution is -2.42. The number of aromatic nitrogens is 2. The topological polar surface area (TPSA) is 147 Å². The van der Waals surface area contributed by atoms with E-state index in [0.29, 0.717) is 18.4 Å². The number of unbranched alkanes of at least 4 members (excludes halogenated alkanes) is 1. The van der Waals surface area contributed by atoms with E-state index in [4.69, 9.17) is 10.00 Å². The van der Waals surface area contributed by atoms with Gasteiger partial charge in [0.2, 0.25) is 0 Å². The number of hydrogen-bond acceptors (Lipinski definition) is 7. The lowest BCUT2D eigenvalue weighted by molar-refractivity contribution is -0.0464. The van der Waals surface area contributed by atoms with Crippen molar-refractivity contribution >= 4 is 5.91 Å². The maximum atomic E-state index is 13.4. The van der Waals surface area contributed by atoms with Crippen molar-refractivity contribution in [2.24, 2.45) is 0 Å². The maximum Gasteiger partial charge on any atom is 0.333 e. The standard InChI is InChI=1S/C22H25FN4O6/c1-13-11-27(19-9-17(29)18(12-28)33-19)22(32)26(21(13)31)7-3-2-6-25-20(30)14-4-5-16(23)15(8-14)10-24/h4-5,8,11,17-19,28-29H,2-3,6-7,9,12H2,1H3,(H,25,30)/t17-,18+,19+/m0/s1. The molecule has 2 heterocycles. The highest BCUT2D eigenvalue weighted by Crippen LogP contribution is 2.27. The summed E-state index contributed by atoms with van der Waals surface area (Å²) in [5.74, 6) is -1.16. The summed E-state index contributed by atoms with van der Waals surface area (Å²) in [5, 5.41) is 30.7. The van der Waals surface area contributed by atoms with E-state index in [0.717, 1.165) is 10.6 Å². The molecule has 33 heavy (non-hydrogen) atoms. The van der Waals surface area contributed by atoms with Crippen molar-refractivity contribution in [2.45, 2.75) is 51.2 Å². The van der Waals surface area contributed by atoms with Crippen molar-refractivity contribution < 1.29 is 24.1 Å². The van der Waals surface area contributed by atoms with E-state index >= 15 is 0 Å². The SMILES string of the molecule is Cc1cn([C@H]2C[C@H](O)[C@@H](CO)O2)c(=O)n(CCCCNC(=O)c2ccc(F)c(C#N)c2)c1=O. The lowest BCUT2D eigenvalue weighted by Gasteiger charge is -2.17. The van der Waals surface area contributed by atoms with E-state index in [1.165, 1.54) is 22.9 Å². The zero-order valence-corrected chi connectivity index (χ0v) is 18.0. The number of nitrogens with zero attached hydrogens (tertiary/aromatic N) is 3. The predicted octanol–water partition coefficient (Wildman–Crippen LogP) is 0.180. The summed E-state index contributed by atoms with van der Waals surface area (Å²) in [7, 11) is 0. The van der Waals surface area contributed by atoms with Gasteiger partial charge in [-0.3, -0.25) is 18.7 Å². The molecule has 1 aromatic carbocycles. The van der Waals surface area contributed by atoms with E-state index in [2.05, 4.69) is 5.32 Å². The fraction of sp³-hybridized carbons (Fsp3) is 0.455. The molecule has 0 radical (unpaired) electrons. The van der Waals surface area contributed by atoms with Crippen LogP contribution in [-0.4, -0.2) is 50.6 Å². The van der Waals surface area contributed by atoms with Crippen LogP contribution in [0.3, 0.4) is 0 Å². The number of ether oxygens (including phenoxy) is 1. The molecule has 0 spiro atoms. The Kier molecular flexibility index (Phi) is 7.75. The summed E-state index contributed by atoms with van der Waals surface area (Å²) in [6, 6.07) is 5.18. The van der Waals surface area contributed by atoms with Crippen LogP contribution in [0.2, 0.25) is 0 Å². The van der Waals surface area contributed by atoms with Gasteiger partial charge in [-0.15, -0.1) is 0 Å². The van der Waals surface area contributed by atoms with E-state index in [1.54, 1.807) is 13.0 Å². The third kappa shape index (κ3) is 5.36. The molecule has 0 saturated carbocycles. The molecule has 1 aliphatic heterocycles. The highest BCUT2D eigenvalue weighted by molar-refractivity contribution is 5.94. The monoisotopic (exact) mass is 460 g/mol. The Morgan fingerprint density at radius 1 is 1.36 bits per heavy atom. The average Bonchev–Trinajstić information content (AvgIpc) is 3.18. The number of aliphatic hydroxyl groups is 2. The Morgan fingerprint density at radius 3 is 2.79 bits per heavy atom. The smallest absolute Gasteiger partial charge is 0.333 e. The molecule has 1 aromatic heterocycles. The number of carbonyl (C=O) groups is 1. The van der Waals surface area contributed by atoms with Crippen molar-refractivity contribution in [3.63, 3.8) is 0 Å². The van der Waals surface area contributed by atoms with Crippen LogP contribution in [0.5, 0.6) is 0 Å². The summed E-state index contributed by atoms with van der Waals surface area (Å²) in [5.41, 5.74) is -0.751. The van der Waals surface area contributed by atoms with Crippen LogP contribution in [0.1, 0.15) is 47.0 Å². The molecule has 0 bridgehead atoms. The number of aliphatic hydroxyl groups excluding tert-OH is 2. The molecule has 0 aliphatic carbocycles. The first-order valence-electron chi connectivity index (χ1n) is 10.5. The van der Waals surface area contributed by atoms with Gasteiger partial charge in [0.15, 0.2) is 0 Å². The molecule has 3 N–H and O–H groups in total. The number of nitriles is 1. The molecule has 3 atom stereocenters. The van der Waals surface area contributed by atoms with Gasteiger partial charge < -0.3 is 20.3 Å². The van der Waals surface area contributed by atoms with Gasteiger partial charge in [-0.05, 0) is 38.0 Å². The van der Waals surface area contributed by atoms with E-state index < -0.39 is 41.4 Å². The van der Waals surface area contributed by atoms with Gasteiger partial charge in [-0.25, -0.2) is 9.18 Å². The van der Waals surface area contributed by atoms with Crippen molar-refractivity contribution in [2.75, 3.05) is 13.2 Å². The van der Waals surface area contributed by atoms with Gasteiger partial charge in [-0.2, -0.15) is 5.26 Å². The Morgan fingerprint density at radius 2 is 2.12 bits per heavy atom. The molecule has 2 aromatic rings. The Balaban J connectivity index is 1.60. The van der Waals surface area contributed by atoms with E-state index in [-0.39, 0.29) is 37.2 Å². The molecular weight excluding hydrogens is 435 g/mol. The van der Waals surface area contributed by atoms with Gasteiger partial charge in [0.1, 0.15) is 24.2 Å². The number of nitrogens with one attached hydrogen (secondary N) is 1. The highest BCUT2D eigenvalue weighted by Gasteiger charge is 2.35. The fourth-order valence-corrected chi connectivity index (χ4v) is 3.66. The Hall–Kier alpha value is -3.33. The summed E-state index contributed by atoms with van der Waals surface area (Å²) < 4.78 is 21.2. The molecule has 10 nitrogen and oxygen atoms in total. The van der Waals surface area contributed by atoms with Gasteiger partial charge in [-0.1, -0.05) is 0 Å². The second-order valence-corrected chi connectivity index (χ2v) is 7.84. The second kappa shape index (κ2) is 10.5. The van der Waals surface area contributed by atoms with Gasteiger partial charge in [0.25, 0.3) is 11.5 Å². The minimum atomic E-state index is -0.915. The van der Waals surface area contributed by atoms with Crippen LogP contribution in [0, 0.1) is 24.1 Å². The zero-order chi connectivity index (χ0) is 24.1. The summed E-state index contributed by atoms with van der Waals surface area (Å²) in [4.78, 5) is 37.5. The van der Waals surface area contributed by atoms with Crippen LogP contribution in [0.15, 0.2) is 34.0 Å². The summed E-state index contributed by atoms with van der Waals surface area (Å²) in [6.07, 6.45) is -0.119. The molecular formula is C22H25FN4O6. The van der Waals surface area contributed by atoms with Gasteiger partial charge >= 0.3 is 5.69 Å². The maximum absolute atomic E-state index is 13.4. The minimum absolute atomic E-state index is 0.114. The minimum Gasteiger partial charge on any atom is -0.394 e. The molecule has 1 fully saturated rings. The Labute approximate surface area is 188 Å². The van der Waals surface area contributed by atoms with Crippen LogP contribution in [0.4, 0.5) is 4.39 Å². The first-order valence-corrected chi connectivity index (χ1v) is 10.5. The number of carbonyl (C=O) groups excluding carboxylic acids is 1. The zero-order valence-electron chi connectivity index (χ0n) is 18.0. The molecule has 1 amide bonds. The van der Waals surface area contributed by atoms with Crippen LogP contribution in [0.25, 0.3) is 0 Å². The molecule has 176 valence electrons. The summed E-state index contributed by atoms with van der Waals surface area (Å²) in [6.45, 7) is 1.56. The molecule has 1 saturated heterocycles. The van der Waals surface area contributed by atoms with Crippen molar-refractivity contribution in [3.05, 3.63) is 67.7 Å². The molecule has 3 rings (SSSR count). The van der Waals surface area contributed by atoms with Gasteiger partial charge in [0.05, 0.1) is 18.3 Å². The van der Waals surface area contributed by atoms with Gasteiger partial charge in [0, 0.05) is 36.8 Å². The average molecular weight is 460 g/mol. The molecule has 1 aliphatic rings. The quantitative estimate of drug-likeness (QED) is 0.476. The molecule has 11 heteroatoms. The van der Waals surface area contributed by atoms with Crippen LogP contribution < -0.4 is 16.6 Å². The Bertz CT molecular complexity index is 1180. The number of halogens is 1. The van der Waals surface area contributed by atoms with Crippen molar-refractivity contribution in [1.82, 2.24) is 14.5 Å². The molecule has 0 unspecified atom stereocenters. The number of amides is 1. The van der Waals surface area contributed by atoms with E-state index in [1.807, 2.05) is 0 Å². The third-order valence-corrected chi connectivity index (χ3v) is 5.50. The van der Waals surface area contributed by atoms with Crippen LogP contribution >= 0.6 is 0 Å². The number of benzene rings is 1. The normalized spacial score (nSPS) is 19.9. The number of rotatable bonds is 8.